The van der Waals surface area contributed by atoms with Crippen LogP contribution in [0.5, 0.6) is 0 Å². The second-order valence-corrected chi connectivity index (χ2v) is 8.07. The van der Waals surface area contributed by atoms with Crippen molar-refractivity contribution in [3.05, 3.63) is 56.4 Å². The lowest BCUT2D eigenvalue weighted by Gasteiger charge is -2.12. The molecule has 0 aliphatic rings. The smallest absolute Gasteiger partial charge is 0.336 e. The Labute approximate surface area is 143 Å². The molecule has 0 aliphatic carbocycles. The second kappa shape index (κ2) is 6.49. The molecule has 3 rings (SSSR count). The van der Waals surface area contributed by atoms with E-state index >= 15 is 0 Å². The lowest BCUT2D eigenvalue weighted by atomic mass is 9.95. The summed E-state index contributed by atoms with van der Waals surface area (Å²) < 4.78 is 6.42. The Morgan fingerprint density at radius 2 is 2.04 bits per heavy atom. The number of nitrogens with zero attached hydrogens (tertiary/aromatic N) is 1. The van der Waals surface area contributed by atoms with Crippen LogP contribution in [-0.4, -0.2) is 4.98 Å². The van der Waals surface area contributed by atoms with Crippen molar-refractivity contribution < 1.29 is 4.42 Å². The number of hydrogen-bond donors (Lipinski definition) is 0. The molecule has 0 spiro atoms. The SMILES string of the molecule is Cc1csc(SCc2cc(=O)oc3cc(C)c(C(C)C)cc23)n1. The van der Waals surface area contributed by atoms with Gasteiger partial charge in [0.05, 0.1) is 0 Å². The van der Waals surface area contributed by atoms with Crippen molar-refractivity contribution in [2.24, 2.45) is 0 Å². The highest BCUT2D eigenvalue weighted by Gasteiger charge is 2.12. The molecule has 3 nitrogen and oxygen atoms in total. The van der Waals surface area contributed by atoms with Crippen LogP contribution in [0.15, 0.2) is 37.1 Å². The third-order valence-electron chi connectivity index (χ3n) is 3.79. The molecule has 2 aromatic heterocycles. The molecule has 0 atom stereocenters. The average molecular weight is 345 g/mol. The zero-order valence-electron chi connectivity index (χ0n) is 13.7. The molecule has 0 amide bonds. The van der Waals surface area contributed by atoms with Crippen LogP contribution in [0.1, 0.15) is 42.1 Å². The van der Waals surface area contributed by atoms with Crippen LogP contribution in [0, 0.1) is 13.8 Å². The molecule has 0 saturated heterocycles. The van der Waals surface area contributed by atoms with Crippen LogP contribution in [-0.2, 0) is 5.75 Å². The van der Waals surface area contributed by atoms with Crippen LogP contribution in [0.2, 0.25) is 0 Å². The predicted octanol–water partition coefficient (Wildman–Crippen LogP) is 5.28. The molecular weight excluding hydrogens is 326 g/mol. The summed E-state index contributed by atoms with van der Waals surface area (Å²) in [7, 11) is 0. The second-order valence-electron chi connectivity index (χ2n) is 5.99. The zero-order valence-corrected chi connectivity index (χ0v) is 15.3. The van der Waals surface area contributed by atoms with Gasteiger partial charge in [-0.2, -0.15) is 0 Å². The molecule has 0 radical (unpaired) electrons. The maximum absolute atomic E-state index is 11.9. The number of hydrogen-bond acceptors (Lipinski definition) is 5. The third kappa shape index (κ3) is 3.51. The van der Waals surface area contributed by atoms with Gasteiger partial charge in [0.15, 0.2) is 0 Å². The molecule has 0 saturated carbocycles. The highest BCUT2D eigenvalue weighted by atomic mass is 32.2. The van der Waals surface area contributed by atoms with Gasteiger partial charge in [0, 0.05) is 28.3 Å². The topological polar surface area (TPSA) is 43.1 Å². The Bertz CT molecular complexity index is 909. The monoisotopic (exact) mass is 345 g/mol. The molecule has 0 fully saturated rings. The van der Waals surface area contributed by atoms with Gasteiger partial charge in [0.1, 0.15) is 9.92 Å². The van der Waals surface area contributed by atoms with Gasteiger partial charge >= 0.3 is 5.63 Å². The molecule has 0 aliphatic heterocycles. The van der Waals surface area contributed by atoms with Gasteiger partial charge in [0.2, 0.25) is 0 Å². The van der Waals surface area contributed by atoms with E-state index in [9.17, 15) is 4.79 Å². The van der Waals surface area contributed by atoms with E-state index in [0.29, 0.717) is 11.5 Å². The summed E-state index contributed by atoms with van der Waals surface area (Å²) in [6, 6.07) is 5.75. The van der Waals surface area contributed by atoms with E-state index in [1.165, 1.54) is 5.56 Å². The minimum atomic E-state index is -0.292. The van der Waals surface area contributed by atoms with Gasteiger partial charge in [-0.05, 0) is 48.6 Å². The fraction of sp³-hybridized carbons (Fsp3) is 0.333. The molecular formula is C18H19NO2S2. The number of benzene rings is 1. The summed E-state index contributed by atoms with van der Waals surface area (Å²) in [5.41, 5.74) is 4.88. The molecule has 1 aromatic carbocycles. The van der Waals surface area contributed by atoms with Crippen molar-refractivity contribution in [3.63, 3.8) is 0 Å². The highest BCUT2D eigenvalue weighted by Crippen LogP contribution is 2.31. The molecule has 5 heteroatoms. The number of thioether (sulfide) groups is 1. The lowest BCUT2D eigenvalue weighted by Crippen LogP contribution is -2.02. The lowest BCUT2D eigenvalue weighted by molar-refractivity contribution is 0.559. The first-order valence-corrected chi connectivity index (χ1v) is 9.43. The zero-order chi connectivity index (χ0) is 16.6. The maximum atomic E-state index is 11.9. The van der Waals surface area contributed by atoms with Crippen molar-refractivity contribution >= 4 is 34.1 Å². The summed E-state index contributed by atoms with van der Waals surface area (Å²) in [6.07, 6.45) is 0. The number of rotatable bonds is 4. The van der Waals surface area contributed by atoms with Gasteiger partial charge in [-0.25, -0.2) is 9.78 Å². The summed E-state index contributed by atoms with van der Waals surface area (Å²) in [5, 5.41) is 3.07. The summed E-state index contributed by atoms with van der Waals surface area (Å²) in [4.78, 5) is 16.3. The molecule has 3 aromatic rings. The Morgan fingerprint density at radius 3 is 2.70 bits per heavy atom. The summed E-state index contributed by atoms with van der Waals surface area (Å²) >= 11 is 3.30. The minimum absolute atomic E-state index is 0.292. The first kappa shape index (κ1) is 16.3. The van der Waals surface area contributed by atoms with Crippen molar-refractivity contribution in [1.29, 1.82) is 0 Å². The first-order chi connectivity index (χ1) is 10.9. The van der Waals surface area contributed by atoms with Crippen molar-refractivity contribution in [1.82, 2.24) is 4.98 Å². The number of fused-ring (bicyclic) bond motifs is 1. The first-order valence-electron chi connectivity index (χ1n) is 7.56. The number of thiazole rings is 1. The molecule has 23 heavy (non-hydrogen) atoms. The highest BCUT2D eigenvalue weighted by molar-refractivity contribution is 8.00. The van der Waals surface area contributed by atoms with Crippen LogP contribution in [0.25, 0.3) is 11.0 Å². The third-order valence-corrected chi connectivity index (χ3v) is 5.98. The maximum Gasteiger partial charge on any atom is 0.336 e. The van der Waals surface area contributed by atoms with Crippen molar-refractivity contribution in [2.45, 2.75) is 43.7 Å². The fourth-order valence-electron chi connectivity index (χ4n) is 2.67. The van der Waals surface area contributed by atoms with E-state index in [1.807, 2.05) is 18.4 Å². The Balaban J connectivity index is 2.03. The Morgan fingerprint density at radius 1 is 1.26 bits per heavy atom. The number of aromatic nitrogens is 1. The number of aryl methyl sites for hydroxylation is 2. The molecule has 0 unspecified atom stereocenters. The largest absolute Gasteiger partial charge is 0.423 e. The molecule has 2 heterocycles. The molecule has 0 bridgehead atoms. The average Bonchev–Trinajstić information content (AvgIpc) is 2.89. The van der Waals surface area contributed by atoms with Crippen molar-refractivity contribution in [2.75, 3.05) is 0 Å². The Kier molecular flexibility index (Phi) is 4.60. The van der Waals surface area contributed by atoms with E-state index < -0.39 is 0 Å². The quantitative estimate of drug-likeness (QED) is 0.476. The van der Waals surface area contributed by atoms with E-state index in [2.05, 4.69) is 31.8 Å². The Hall–Kier alpha value is -1.59. The summed E-state index contributed by atoms with van der Waals surface area (Å²) in [5.74, 6) is 1.16. The van der Waals surface area contributed by atoms with Crippen LogP contribution in [0.4, 0.5) is 0 Å². The van der Waals surface area contributed by atoms with Gasteiger partial charge in [-0.3, -0.25) is 0 Å². The van der Waals surface area contributed by atoms with E-state index in [4.69, 9.17) is 4.42 Å². The van der Waals surface area contributed by atoms with Gasteiger partial charge in [-0.15, -0.1) is 11.3 Å². The van der Waals surface area contributed by atoms with E-state index in [0.717, 1.165) is 32.3 Å². The van der Waals surface area contributed by atoms with Crippen LogP contribution >= 0.6 is 23.1 Å². The van der Waals surface area contributed by atoms with Gasteiger partial charge in [-0.1, -0.05) is 25.6 Å². The normalized spacial score (nSPS) is 11.5. The van der Waals surface area contributed by atoms with Crippen LogP contribution < -0.4 is 5.63 Å². The van der Waals surface area contributed by atoms with Gasteiger partial charge < -0.3 is 4.42 Å². The van der Waals surface area contributed by atoms with Crippen LogP contribution in [0.3, 0.4) is 0 Å². The van der Waals surface area contributed by atoms with E-state index in [1.54, 1.807) is 29.2 Å². The predicted molar refractivity (Wildman–Crippen MR) is 97.7 cm³/mol. The molecule has 0 N–H and O–H groups in total. The minimum Gasteiger partial charge on any atom is -0.423 e. The fourth-order valence-corrected chi connectivity index (χ4v) is 4.51. The van der Waals surface area contributed by atoms with Crippen molar-refractivity contribution in [3.8, 4) is 0 Å². The molecule has 120 valence electrons. The van der Waals surface area contributed by atoms with E-state index in [-0.39, 0.29) is 5.63 Å². The standard InChI is InChI=1S/C18H19NO2S2/c1-10(2)14-7-15-13(9-23-18-19-12(4)8-22-18)6-17(20)21-16(15)5-11(14)3/h5-8,10H,9H2,1-4H3. The summed E-state index contributed by atoms with van der Waals surface area (Å²) in [6.45, 7) is 8.42. The van der Waals surface area contributed by atoms with Gasteiger partial charge in [0.25, 0.3) is 0 Å².